The van der Waals surface area contributed by atoms with Crippen molar-refractivity contribution < 1.29 is 4.74 Å². The molecule has 1 aliphatic rings. The van der Waals surface area contributed by atoms with E-state index in [0.717, 1.165) is 31.4 Å². The summed E-state index contributed by atoms with van der Waals surface area (Å²) in [6.45, 7) is 1.06. The zero-order chi connectivity index (χ0) is 19.7. The first-order chi connectivity index (χ1) is 13.5. The number of ether oxygens (including phenoxy) is 1. The van der Waals surface area contributed by atoms with Crippen LogP contribution < -0.4 is 21.5 Å². The molecule has 2 atom stereocenters. The average Bonchev–Trinajstić information content (AvgIpc) is 3.23. The molecule has 0 unspecified atom stereocenters. The van der Waals surface area contributed by atoms with Crippen LogP contribution in [0, 0.1) is 5.92 Å². The molecular formula is C19H23ClN6O2. The van der Waals surface area contributed by atoms with Crippen LogP contribution in [0.5, 0.6) is 5.75 Å². The third-order valence-corrected chi connectivity index (χ3v) is 5.45. The molecule has 8 nitrogen and oxygen atoms in total. The van der Waals surface area contributed by atoms with Crippen LogP contribution in [0.4, 0.5) is 5.95 Å². The number of nitrogens with zero attached hydrogens (tertiary/aromatic N) is 3. The lowest BCUT2D eigenvalue weighted by Gasteiger charge is -2.12. The zero-order valence-electron chi connectivity index (χ0n) is 15.6. The first kappa shape index (κ1) is 18.8. The number of benzene rings is 1. The van der Waals surface area contributed by atoms with E-state index in [1.165, 1.54) is 0 Å². The molecule has 4 rings (SSSR count). The zero-order valence-corrected chi connectivity index (χ0v) is 16.4. The minimum atomic E-state index is -0.259. The van der Waals surface area contributed by atoms with Gasteiger partial charge < -0.3 is 20.8 Å². The molecule has 148 valence electrons. The van der Waals surface area contributed by atoms with Gasteiger partial charge in [-0.05, 0) is 43.4 Å². The van der Waals surface area contributed by atoms with Crippen molar-refractivity contribution in [2.24, 2.45) is 11.7 Å². The van der Waals surface area contributed by atoms with E-state index in [0.29, 0.717) is 33.8 Å². The summed E-state index contributed by atoms with van der Waals surface area (Å²) in [5.74, 6) is 1.69. The van der Waals surface area contributed by atoms with Crippen LogP contribution in [0.3, 0.4) is 0 Å². The first-order valence-corrected chi connectivity index (χ1v) is 9.68. The molecule has 0 aliphatic heterocycles. The molecule has 0 saturated heterocycles. The lowest BCUT2D eigenvalue weighted by Crippen LogP contribution is -2.19. The topological polar surface area (TPSA) is 111 Å². The standard InChI is InChI=1S/C19H23ClN6O2/c1-28-16-5-3-13(20)7-12(16)10-26-17-15(24-19(26)27)9-23-18(25-17)22-8-11-2-4-14(21)6-11/h3,5,7,9,11,14H,2,4,6,8,10,21H2,1H3,(H,24,27)(H,22,23,25)/t11-,14-/m1/s1. The highest BCUT2D eigenvalue weighted by molar-refractivity contribution is 6.30. The van der Waals surface area contributed by atoms with Gasteiger partial charge in [0.05, 0.1) is 19.9 Å². The molecule has 2 aromatic heterocycles. The second-order valence-corrected chi connectivity index (χ2v) is 7.66. The first-order valence-electron chi connectivity index (χ1n) is 9.31. The molecular weight excluding hydrogens is 380 g/mol. The Bertz CT molecular complexity index is 1050. The number of halogens is 1. The number of anilines is 1. The fourth-order valence-corrected chi connectivity index (χ4v) is 3.95. The van der Waals surface area contributed by atoms with Gasteiger partial charge >= 0.3 is 5.69 Å². The number of hydrogen-bond donors (Lipinski definition) is 3. The number of rotatable bonds is 6. The molecule has 0 amide bonds. The van der Waals surface area contributed by atoms with Gasteiger partial charge in [-0.25, -0.2) is 9.78 Å². The molecule has 1 aromatic carbocycles. The summed E-state index contributed by atoms with van der Waals surface area (Å²) in [6.07, 6.45) is 4.81. The largest absolute Gasteiger partial charge is 0.496 e. The number of methoxy groups -OCH3 is 1. The number of aromatic nitrogens is 4. The van der Waals surface area contributed by atoms with Crippen molar-refractivity contribution in [3.8, 4) is 5.75 Å². The third-order valence-electron chi connectivity index (χ3n) is 5.21. The molecule has 1 saturated carbocycles. The summed E-state index contributed by atoms with van der Waals surface area (Å²) in [4.78, 5) is 24.1. The molecule has 0 spiro atoms. The van der Waals surface area contributed by atoms with Crippen molar-refractivity contribution in [3.63, 3.8) is 0 Å². The highest BCUT2D eigenvalue weighted by atomic mass is 35.5. The Morgan fingerprint density at radius 3 is 3.04 bits per heavy atom. The van der Waals surface area contributed by atoms with Gasteiger partial charge in [0.15, 0.2) is 5.65 Å². The SMILES string of the molecule is COc1ccc(Cl)cc1Cn1c(=O)[nH]c2cnc(NC[C@@H]3CC[C@@H](N)C3)nc21. The summed E-state index contributed by atoms with van der Waals surface area (Å²) in [6, 6.07) is 5.61. The maximum Gasteiger partial charge on any atom is 0.328 e. The van der Waals surface area contributed by atoms with Crippen molar-refractivity contribution in [2.45, 2.75) is 31.8 Å². The molecule has 9 heteroatoms. The van der Waals surface area contributed by atoms with E-state index in [2.05, 4.69) is 20.3 Å². The van der Waals surface area contributed by atoms with Gasteiger partial charge in [0.25, 0.3) is 0 Å². The van der Waals surface area contributed by atoms with E-state index in [-0.39, 0.29) is 18.3 Å². The normalized spacial score (nSPS) is 19.2. The second kappa shape index (κ2) is 7.81. The van der Waals surface area contributed by atoms with Gasteiger partial charge in [-0.15, -0.1) is 0 Å². The Morgan fingerprint density at radius 1 is 1.43 bits per heavy atom. The molecule has 2 heterocycles. The minimum absolute atomic E-state index is 0.259. The van der Waals surface area contributed by atoms with Gasteiger partial charge in [0, 0.05) is 23.2 Å². The maximum atomic E-state index is 12.5. The Morgan fingerprint density at radius 2 is 2.29 bits per heavy atom. The van der Waals surface area contributed by atoms with Crippen molar-refractivity contribution in [2.75, 3.05) is 19.0 Å². The number of fused-ring (bicyclic) bond motifs is 1. The Labute approximate surface area is 167 Å². The molecule has 1 fully saturated rings. The molecule has 0 bridgehead atoms. The minimum Gasteiger partial charge on any atom is -0.496 e. The highest BCUT2D eigenvalue weighted by Crippen LogP contribution is 2.25. The molecule has 4 N–H and O–H groups in total. The smallest absolute Gasteiger partial charge is 0.328 e. The average molecular weight is 403 g/mol. The number of imidazole rings is 1. The van der Waals surface area contributed by atoms with Crippen LogP contribution in [0.1, 0.15) is 24.8 Å². The van der Waals surface area contributed by atoms with Crippen LogP contribution >= 0.6 is 11.6 Å². The number of H-pyrrole nitrogens is 1. The molecule has 0 radical (unpaired) electrons. The van der Waals surface area contributed by atoms with Gasteiger partial charge in [0.2, 0.25) is 5.95 Å². The summed E-state index contributed by atoms with van der Waals surface area (Å²) in [5, 5.41) is 3.86. The van der Waals surface area contributed by atoms with Crippen LogP contribution in [0.2, 0.25) is 5.02 Å². The molecule has 28 heavy (non-hydrogen) atoms. The lowest BCUT2D eigenvalue weighted by atomic mass is 10.1. The molecule has 1 aliphatic carbocycles. The van der Waals surface area contributed by atoms with Gasteiger partial charge in [-0.1, -0.05) is 11.6 Å². The fraction of sp³-hybridized carbons (Fsp3) is 0.421. The van der Waals surface area contributed by atoms with E-state index < -0.39 is 0 Å². The van der Waals surface area contributed by atoms with Crippen molar-refractivity contribution in [3.05, 3.63) is 45.5 Å². The monoisotopic (exact) mass is 402 g/mol. The Balaban J connectivity index is 1.60. The molecule has 3 aromatic rings. The van der Waals surface area contributed by atoms with Crippen LogP contribution in [0.25, 0.3) is 11.2 Å². The second-order valence-electron chi connectivity index (χ2n) is 7.22. The summed E-state index contributed by atoms with van der Waals surface area (Å²) < 4.78 is 6.95. The quantitative estimate of drug-likeness (QED) is 0.583. The van der Waals surface area contributed by atoms with Crippen LogP contribution in [0.15, 0.2) is 29.2 Å². The Hall–Kier alpha value is -2.58. The highest BCUT2D eigenvalue weighted by Gasteiger charge is 2.21. The van der Waals surface area contributed by atoms with Gasteiger partial charge in [-0.2, -0.15) is 4.98 Å². The predicted molar refractivity (Wildman–Crippen MR) is 109 cm³/mol. The van der Waals surface area contributed by atoms with Crippen molar-refractivity contribution >= 4 is 28.7 Å². The van der Waals surface area contributed by atoms with E-state index in [4.69, 9.17) is 22.1 Å². The van der Waals surface area contributed by atoms with Crippen molar-refractivity contribution in [1.82, 2.24) is 19.5 Å². The van der Waals surface area contributed by atoms with E-state index in [1.807, 2.05) is 0 Å². The van der Waals surface area contributed by atoms with Crippen LogP contribution in [-0.4, -0.2) is 39.2 Å². The van der Waals surface area contributed by atoms with E-state index in [1.54, 1.807) is 36.1 Å². The van der Waals surface area contributed by atoms with Gasteiger partial charge in [-0.3, -0.25) is 4.57 Å². The third kappa shape index (κ3) is 3.83. The maximum absolute atomic E-state index is 12.5. The lowest BCUT2D eigenvalue weighted by molar-refractivity contribution is 0.408. The van der Waals surface area contributed by atoms with Crippen LogP contribution in [-0.2, 0) is 6.54 Å². The van der Waals surface area contributed by atoms with E-state index in [9.17, 15) is 4.79 Å². The number of hydrogen-bond acceptors (Lipinski definition) is 6. The Kier molecular flexibility index (Phi) is 5.23. The van der Waals surface area contributed by atoms with Crippen molar-refractivity contribution in [1.29, 1.82) is 0 Å². The van der Waals surface area contributed by atoms with Gasteiger partial charge in [0.1, 0.15) is 11.3 Å². The fourth-order valence-electron chi connectivity index (χ4n) is 3.75. The summed E-state index contributed by atoms with van der Waals surface area (Å²) in [7, 11) is 1.59. The number of aromatic amines is 1. The summed E-state index contributed by atoms with van der Waals surface area (Å²) >= 11 is 6.12. The number of nitrogens with two attached hydrogens (primary N) is 1. The van der Waals surface area contributed by atoms with E-state index >= 15 is 0 Å². The number of nitrogens with one attached hydrogen (secondary N) is 2. The summed E-state index contributed by atoms with van der Waals surface area (Å²) in [5.41, 5.74) is 7.63. The predicted octanol–water partition coefficient (Wildman–Crippen LogP) is 2.37.